The Balaban J connectivity index is 2.25. The molecule has 0 amide bonds. The van der Waals surface area contributed by atoms with E-state index in [1.54, 1.807) is 11.8 Å². The molecule has 1 aliphatic heterocycles. The van der Waals surface area contributed by atoms with Crippen LogP contribution in [0.2, 0.25) is 0 Å². The quantitative estimate of drug-likeness (QED) is 0.658. The molecule has 5 nitrogen and oxygen atoms in total. The van der Waals surface area contributed by atoms with Crippen LogP contribution in [0.3, 0.4) is 0 Å². The standard InChI is InChI=1S/C11H25N3O2S2/c1-3-17-10-11(2)13-18(15,16)9-8-14-6-4-12-5-7-14/h11-13H,3-10H2,1-2H3. The van der Waals surface area contributed by atoms with Gasteiger partial charge in [0.1, 0.15) is 0 Å². The fourth-order valence-electron chi connectivity index (χ4n) is 1.88. The molecule has 0 radical (unpaired) electrons. The molecule has 1 rings (SSSR count). The normalized spacial score (nSPS) is 19.9. The number of thioether (sulfide) groups is 1. The van der Waals surface area contributed by atoms with Crippen molar-refractivity contribution < 1.29 is 8.42 Å². The van der Waals surface area contributed by atoms with E-state index in [1.165, 1.54) is 0 Å². The summed E-state index contributed by atoms with van der Waals surface area (Å²) >= 11 is 1.76. The van der Waals surface area contributed by atoms with Gasteiger partial charge >= 0.3 is 0 Å². The lowest BCUT2D eigenvalue weighted by Gasteiger charge is -2.27. The van der Waals surface area contributed by atoms with Crippen molar-refractivity contribution >= 4 is 21.8 Å². The summed E-state index contributed by atoms with van der Waals surface area (Å²) in [7, 11) is -3.14. The average molecular weight is 295 g/mol. The van der Waals surface area contributed by atoms with Gasteiger partial charge in [-0.2, -0.15) is 11.8 Å². The Morgan fingerprint density at radius 1 is 1.39 bits per heavy atom. The molecule has 0 spiro atoms. The summed E-state index contributed by atoms with van der Waals surface area (Å²) in [6.45, 7) is 8.42. The zero-order chi connectivity index (χ0) is 13.4. The molecule has 0 bridgehead atoms. The fraction of sp³-hybridized carbons (Fsp3) is 1.00. The summed E-state index contributed by atoms with van der Waals surface area (Å²) in [5.41, 5.74) is 0. The van der Waals surface area contributed by atoms with Gasteiger partial charge in [-0.1, -0.05) is 6.92 Å². The lowest BCUT2D eigenvalue weighted by molar-refractivity contribution is 0.253. The number of rotatable bonds is 8. The number of hydrogen-bond donors (Lipinski definition) is 2. The van der Waals surface area contributed by atoms with Crippen molar-refractivity contribution in [3.05, 3.63) is 0 Å². The maximum Gasteiger partial charge on any atom is 0.213 e. The molecule has 1 saturated heterocycles. The van der Waals surface area contributed by atoms with Crippen LogP contribution in [0.4, 0.5) is 0 Å². The van der Waals surface area contributed by atoms with Crippen LogP contribution in [0.5, 0.6) is 0 Å². The Morgan fingerprint density at radius 2 is 2.06 bits per heavy atom. The maximum absolute atomic E-state index is 11.9. The molecule has 0 aliphatic carbocycles. The minimum atomic E-state index is -3.14. The molecule has 1 aliphatic rings. The first-order valence-corrected chi connectivity index (χ1v) is 9.35. The fourth-order valence-corrected chi connectivity index (χ4v) is 3.97. The predicted octanol–water partition coefficient (Wildman–Crippen LogP) is -0.0474. The van der Waals surface area contributed by atoms with E-state index in [0.717, 1.165) is 37.7 Å². The van der Waals surface area contributed by atoms with E-state index in [0.29, 0.717) is 6.54 Å². The van der Waals surface area contributed by atoms with E-state index in [4.69, 9.17) is 0 Å². The first-order chi connectivity index (χ1) is 8.53. The van der Waals surface area contributed by atoms with Crippen molar-refractivity contribution in [3.63, 3.8) is 0 Å². The van der Waals surface area contributed by atoms with Crippen LogP contribution in [0.25, 0.3) is 0 Å². The summed E-state index contributed by atoms with van der Waals surface area (Å²) in [6.07, 6.45) is 0. The Labute approximate surface area is 115 Å². The van der Waals surface area contributed by atoms with Crippen molar-refractivity contribution in [1.82, 2.24) is 14.9 Å². The van der Waals surface area contributed by atoms with Gasteiger partial charge in [0.05, 0.1) is 5.75 Å². The van der Waals surface area contributed by atoms with E-state index in [9.17, 15) is 8.42 Å². The molecule has 0 saturated carbocycles. The third kappa shape index (κ3) is 6.94. The highest BCUT2D eigenvalue weighted by Gasteiger charge is 2.17. The first kappa shape index (κ1) is 16.2. The molecule has 7 heteroatoms. The molecular formula is C11H25N3O2S2. The summed E-state index contributed by atoms with van der Waals surface area (Å²) < 4.78 is 26.5. The molecule has 18 heavy (non-hydrogen) atoms. The molecule has 0 aromatic carbocycles. The zero-order valence-electron chi connectivity index (χ0n) is 11.3. The number of sulfonamides is 1. The van der Waals surface area contributed by atoms with Gasteiger partial charge in [0.15, 0.2) is 0 Å². The van der Waals surface area contributed by atoms with E-state index in [1.807, 2.05) is 6.92 Å². The third-order valence-electron chi connectivity index (χ3n) is 2.84. The SMILES string of the molecule is CCSCC(C)NS(=O)(=O)CCN1CCNCC1. The highest BCUT2D eigenvalue weighted by atomic mass is 32.2. The molecule has 2 N–H and O–H groups in total. The Kier molecular flexibility index (Phi) is 7.55. The number of piperazine rings is 1. The predicted molar refractivity (Wildman–Crippen MR) is 78.7 cm³/mol. The summed E-state index contributed by atoms with van der Waals surface area (Å²) in [5.74, 6) is 2.06. The molecule has 108 valence electrons. The summed E-state index contributed by atoms with van der Waals surface area (Å²) in [6, 6.07) is 0.0166. The molecule has 1 heterocycles. The third-order valence-corrected chi connectivity index (χ3v) is 5.46. The average Bonchev–Trinajstić information content (AvgIpc) is 2.35. The van der Waals surface area contributed by atoms with Crippen LogP contribution in [0.15, 0.2) is 0 Å². The number of nitrogens with zero attached hydrogens (tertiary/aromatic N) is 1. The lowest BCUT2D eigenvalue weighted by atomic mass is 10.4. The second kappa shape index (κ2) is 8.37. The zero-order valence-corrected chi connectivity index (χ0v) is 12.9. The molecule has 0 aromatic rings. The largest absolute Gasteiger partial charge is 0.314 e. The van der Waals surface area contributed by atoms with Gasteiger partial charge in [-0.25, -0.2) is 13.1 Å². The van der Waals surface area contributed by atoms with Crippen LogP contribution in [0.1, 0.15) is 13.8 Å². The van der Waals surface area contributed by atoms with Crippen molar-refractivity contribution in [2.24, 2.45) is 0 Å². The van der Waals surface area contributed by atoms with Crippen LogP contribution in [-0.2, 0) is 10.0 Å². The Morgan fingerprint density at radius 3 is 2.67 bits per heavy atom. The van der Waals surface area contributed by atoms with Gasteiger partial charge in [0.25, 0.3) is 0 Å². The van der Waals surface area contributed by atoms with Gasteiger partial charge in [0.2, 0.25) is 10.0 Å². The van der Waals surface area contributed by atoms with Crippen molar-refractivity contribution in [3.8, 4) is 0 Å². The number of hydrogen-bond acceptors (Lipinski definition) is 5. The van der Waals surface area contributed by atoms with E-state index in [-0.39, 0.29) is 11.8 Å². The van der Waals surface area contributed by atoms with Gasteiger partial charge in [-0.3, -0.25) is 4.90 Å². The van der Waals surface area contributed by atoms with E-state index < -0.39 is 10.0 Å². The molecular weight excluding hydrogens is 270 g/mol. The van der Waals surface area contributed by atoms with E-state index >= 15 is 0 Å². The smallest absolute Gasteiger partial charge is 0.213 e. The molecule has 0 aromatic heterocycles. The first-order valence-electron chi connectivity index (χ1n) is 6.54. The van der Waals surface area contributed by atoms with Gasteiger partial charge in [-0.05, 0) is 12.7 Å². The highest BCUT2D eigenvalue weighted by Crippen LogP contribution is 2.03. The van der Waals surface area contributed by atoms with Gasteiger partial charge in [-0.15, -0.1) is 0 Å². The second-order valence-corrected chi connectivity index (χ2v) is 7.78. The maximum atomic E-state index is 11.9. The molecule has 1 atom stereocenters. The minimum Gasteiger partial charge on any atom is -0.314 e. The Hall–Kier alpha value is 0.180. The van der Waals surface area contributed by atoms with Crippen molar-refractivity contribution in [2.45, 2.75) is 19.9 Å². The molecule has 1 fully saturated rings. The van der Waals surface area contributed by atoms with Crippen LogP contribution >= 0.6 is 11.8 Å². The topological polar surface area (TPSA) is 61.4 Å². The van der Waals surface area contributed by atoms with E-state index in [2.05, 4.69) is 21.9 Å². The molecule has 1 unspecified atom stereocenters. The van der Waals surface area contributed by atoms with Crippen LogP contribution in [0, 0.1) is 0 Å². The second-order valence-electron chi connectivity index (χ2n) is 4.59. The van der Waals surface area contributed by atoms with Gasteiger partial charge in [0, 0.05) is 44.5 Å². The minimum absolute atomic E-state index is 0.0166. The summed E-state index contributed by atoms with van der Waals surface area (Å²) in [4.78, 5) is 2.20. The summed E-state index contributed by atoms with van der Waals surface area (Å²) in [5, 5.41) is 3.26. The van der Waals surface area contributed by atoms with Crippen LogP contribution in [-0.4, -0.2) is 69.3 Å². The Bertz CT molecular complexity index is 316. The van der Waals surface area contributed by atoms with Crippen molar-refractivity contribution in [2.75, 3.05) is 50.0 Å². The monoisotopic (exact) mass is 295 g/mol. The van der Waals surface area contributed by atoms with Crippen molar-refractivity contribution in [1.29, 1.82) is 0 Å². The highest BCUT2D eigenvalue weighted by molar-refractivity contribution is 7.99. The van der Waals surface area contributed by atoms with Crippen LogP contribution < -0.4 is 10.0 Å². The van der Waals surface area contributed by atoms with Gasteiger partial charge < -0.3 is 5.32 Å². The number of nitrogens with one attached hydrogen (secondary N) is 2. The lowest BCUT2D eigenvalue weighted by Crippen LogP contribution is -2.46.